The Balaban J connectivity index is 0.000000239. The predicted octanol–water partition coefficient (Wildman–Crippen LogP) is 12.4. The number of benzene rings is 8. The zero-order valence-corrected chi connectivity index (χ0v) is 49.6. The standard InChI is InChI=1S/C34H34O4.C20H24O4.C14H12O.C6H14O4/c1-5-13-29(14-6-1)33(30-15-7-2-8-16-30)27-37-25-23-35-21-22-36-24-26-38-28-34(31-17-9-3-10-18-31)32-19-11-4-12-20-32;21-11-12-22-13-14-23-15-16-24-17-20(18-7-3-1-4-8-18)19-9-5-2-6-10-19;15-11-14(12-7-3-1-4-8-12)13-9-5-2-6-10-13;7-1-3-9-5-6-10-4-2-8/h1-20,27-28H,21-26H2;1-10,17,21H,11-16H2;1-11,14H;7-8H,1-6H2. The number of aliphatic hydroxyl groups is 3. The maximum absolute atomic E-state index is 11.1. The first kappa shape index (κ1) is 69.5. The van der Waals surface area contributed by atoms with Crippen molar-refractivity contribution in [1.29, 1.82) is 0 Å². The van der Waals surface area contributed by atoms with E-state index in [1.807, 2.05) is 182 Å². The van der Waals surface area contributed by atoms with Gasteiger partial charge >= 0.3 is 0 Å². The van der Waals surface area contributed by atoms with Crippen LogP contribution in [-0.2, 0) is 47.4 Å². The van der Waals surface area contributed by atoms with Gasteiger partial charge in [0.15, 0.2) is 0 Å². The molecule has 0 aliphatic rings. The summed E-state index contributed by atoms with van der Waals surface area (Å²) in [5.74, 6) is -0.146. The molecule has 0 unspecified atom stereocenters. The van der Waals surface area contributed by atoms with Gasteiger partial charge in [-0.15, -0.1) is 0 Å². The molecular weight excluding hydrogens is 1100 g/mol. The molecule has 3 N–H and O–H groups in total. The van der Waals surface area contributed by atoms with Crippen molar-refractivity contribution in [3.05, 3.63) is 306 Å². The van der Waals surface area contributed by atoms with Crippen LogP contribution in [0.5, 0.6) is 0 Å². The summed E-state index contributed by atoms with van der Waals surface area (Å²) < 4.78 is 48.9. The van der Waals surface area contributed by atoms with Crippen LogP contribution in [0.3, 0.4) is 0 Å². The second-order valence-corrected chi connectivity index (χ2v) is 18.7. The summed E-state index contributed by atoms with van der Waals surface area (Å²) in [4.78, 5) is 11.1. The number of aldehydes is 1. The van der Waals surface area contributed by atoms with Crippen molar-refractivity contribution in [3.8, 4) is 0 Å². The lowest BCUT2D eigenvalue weighted by Gasteiger charge is -2.10. The van der Waals surface area contributed by atoms with Gasteiger partial charge in [0, 0.05) is 16.7 Å². The Morgan fingerprint density at radius 1 is 0.264 bits per heavy atom. The summed E-state index contributed by atoms with van der Waals surface area (Å²) in [7, 11) is 0. The Morgan fingerprint density at radius 2 is 0.448 bits per heavy atom. The molecule has 8 aromatic carbocycles. The molecule has 458 valence electrons. The lowest BCUT2D eigenvalue weighted by atomic mass is 9.93. The number of carbonyl (C=O) groups is 1. The van der Waals surface area contributed by atoms with Gasteiger partial charge in [0.05, 0.1) is 124 Å². The van der Waals surface area contributed by atoms with E-state index in [0.29, 0.717) is 99.1 Å². The number of aliphatic hydroxyl groups excluding tert-OH is 3. The minimum Gasteiger partial charge on any atom is -0.498 e. The van der Waals surface area contributed by atoms with Gasteiger partial charge in [-0.05, 0) is 44.5 Å². The highest BCUT2D eigenvalue weighted by Gasteiger charge is 2.12. The van der Waals surface area contributed by atoms with E-state index in [1.165, 1.54) is 0 Å². The monoisotopic (exact) mass is 1180 g/mol. The van der Waals surface area contributed by atoms with Gasteiger partial charge in [-0.3, -0.25) is 0 Å². The fraction of sp³-hybridized carbons (Fsp3) is 0.257. The van der Waals surface area contributed by atoms with Gasteiger partial charge in [0.1, 0.15) is 26.1 Å². The van der Waals surface area contributed by atoms with Gasteiger partial charge in [0.25, 0.3) is 0 Å². The number of hydrogen-bond acceptors (Lipinski definition) is 13. The first-order valence-corrected chi connectivity index (χ1v) is 29.3. The number of carbonyl (C=O) groups excluding carboxylic acids is 1. The molecule has 0 aliphatic carbocycles. The predicted molar refractivity (Wildman–Crippen MR) is 345 cm³/mol. The molecule has 13 nitrogen and oxygen atoms in total. The first-order valence-electron chi connectivity index (χ1n) is 29.3. The molecule has 0 heterocycles. The third-order valence-corrected chi connectivity index (χ3v) is 12.4. The smallest absolute Gasteiger partial charge is 0.131 e. The molecule has 0 amide bonds. The Hall–Kier alpha value is -8.31. The third kappa shape index (κ3) is 29.6. The van der Waals surface area contributed by atoms with Gasteiger partial charge < -0.3 is 62.7 Å². The summed E-state index contributed by atoms with van der Waals surface area (Å²) in [6.07, 6.45) is 6.41. The first-order chi connectivity index (χ1) is 43.2. The molecule has 0 fully saturated rings. The second-order valence-electron chi connectivity index (χ2n) is 18.7. The molecule has 0 aliphatic heterocycles. The Kier molecular flexibility index (Phi) is 37.5. The average Bonchev–Trinajstić information content (AvgIpc) is 3.79. The molecule has 0 spiro atoms. The van der Waals surface area contributed by atoms with E-state index in [9.17, 15) is 4.79 Å². The summed E-state index contributed by atoms with van der Waals surface area (Å²) in [6, 6.07) is 80.9. The fourth-order valence-electron chi connectivity index (χ4n) is 8.19. The van der Waals surface area contributed by atoms with E-state index in [0.717, 1.165) is 67.5 Å². The molecule has 8 rings (SSSR count). The van der Waals surface area contributed by atoms with Crippen LogP contribution in [0.15, 0.2) is 261 Å². The number of hydrogen-bond donors (Lipinski definition) is 3. The van der Waals surface area contributed by atoms with Gasteiger partial charge in [0.2, 0.25) is 0 Å². The summed E-state index contributed by atoms with van der Waals surface area (Å²) >= 11 is 0. The Bertz CT molecular complexity index is 2720. The molecule has 87 heavy (non-hydrogen) atoms. The van der Waals surface area contributed by atoms with Crippen molar-refractivity contribution in [3.63, 3.8) is 0 Å². The van der Waals surface area contributed by atoms with Gasteiger partial charge in [-0.25, -0.2) is 0 Å². The highest BCUT2D eigenvalue weighted by molar-refractivity contribution is 5.80. The second kappa shape index (κ2) is 46.9. The van der Waals surface area contributed by atoms with Crippen LogP contribution in [0.1, 0.15) is 50.4 Å². The average molecular weight is 1180 g/mol. The maximum Gasteiger partial charge on any atom is 0.131 e. The summed E-state index contributed by atoms with van der Waals surface area (Å²) in [5.41, 5.74) is 11.9. The molecule has 0 aromatic heterocycles. The van der Waals surface area contributed by atoms with Gasteiger partial charge in [-0.2, -0.15) is 0 Å². The molecule has 13 heteroatoms. The maximum atomic E-state index is 11.1. The Labute approximate surface area is 514 Å². The van der Waals surface area contributed by atoms with E-state index in [2.05, 4.69) is 72.8 Å². The van der Waals surface area contributed by atoms with Crippen molar-refractivity contribution in [1.82, 2.24) is 0 Å². The van der Waals surface area contributed by atoms with E-state index in [4.69, 9.17) is 58.0 Å². The van der Waals surface area contributed by atoms with E-state index < -0.39 is 0 Å². The van der Waals surface area contributed by atoms with Crippen LogP contribution >= 0.6 is 0 Å². The van der Waals surface area contributed by atoms with Crippen molar-refractivity contribution in [2.75, 3.05) is 119 Å². The fourth-order valence-corrected chi connectivity index (χ4v) is 8.19. The van der Waals surface area contributed by atoms with Crippen LogP contribution in [-0.4, -0.2) is 141 Å². The minimum absolute atomic E-state index is 0.0374. The van der Waals surface area contributed by atoms with E-state index in [1.54, 1.807) is 6.26 Å². The highest BCUT2D eigenvalue weighted by atomic mass is 16.6. The van der Waals surface area contributed by atoms with E-state index in [-0.39, 0.29) is 25.7 Å². The lowest BCUT2D eigenvalue weighted by Crippen LogP contribution is -2.10. The lowest BCUT2D eigenvalue weighted by molar-refractivity contribution is -0.108. The van der Waals surface area contributed by atoms with Crippen molar-refractivity contribution < 1.29 is 62.7 Å². The molecule has 0 atom stereocenters. The Morgan fingerprint density at radius 3 is 0.644 bits per heavy atom. The topological polar surface area (TPSA) is 161 Å². The molecular formula is C74H84O13. The molecule has 0 saturated carbocycles. The van der Waals surface area contributed by atoms with Crippen LogP contribution in [0.25, 0.3) is 16.7 Å². The molecule has 0 saturated heterocycles. The summed E-state index contributed by atoms with van der Waals surface area (Å²) in [5, 5.41) is 25.1. The highest BCUT2D eigenvalue weighted by Crippen LogP contribution is 2.26. The van der Waals surface area contributed by atoms with Crippen LogP contribution in [0.4, 0.5) is 0 Å². The van der Waals surface area contributed by atoms with E-state index >= 15 is 0 Å². The van der Waals surface area contributed by atoms with Crippen molar-refractivity contribution in [2.24, 2.45) is 0 Å². The van der Waals surface area contributed by atoms with Crippen molar-refractivity contribution >= 4 is 23.0 Å². The molecule has 0 radical (unpaired) electrons. The van der Waals surface area contributed by atoms with Crippen LogP contribution in [0.2, 0.25) is 0 Å². The normalized spacial score (nSPS) is 10.3. The number of rotatable bonds is 36. The number of ether oxygens (including phenoxy) is 9. The molecule has 8 aromatic rings. The third-order valence-electron chi connectivity index (χ3n) is 12.4. The SMILES string of the molecule is C(OCCOCCOCCOC=C(c1ccccc1)c1ccccc1)=C(c1ccccc1)c1ccccc1.O=CC(c1ccccc1)c1ccccc1.OCCOCCOCCO.OCCOCCOCCOC=C(c1ccccc1)c1ccccc1. The molecule has 0 bridgehead atoms. The zero-order valence-electron chi connectivity index (χ0n) is 49.6. The zero-order chi connectivity index (χ0) is 61.1. The van der Waals surface area contributed by atoms with Crippen LogP contribution < -0.4 is 0 Å². The minimum atomic E-state index is -0.146. The quantitative estimate of drug-likeness (QED) is 0.0194. The van der Waals surface area contributed by atoms with Crippen LogP contribution in [0, 0.1) is 0 Å². The summed E-state index contributed by atoms with van der Waals surface area (Å²) in [6.45, 7) is 7.01. The van der Waals surface area contributed by atoms with Gasteiger partial charge in [-0.1, -0.05) is 243 Å². The van der Waals surface area contributed by atoms with Crippen molar-refractivity contribution in [2.45, 2.75) is 5.92 Å². The largest absolute Gasteiger partial charge is 0.498 e.